The van der Waals surface area contributed by atoms with E-state index in [0.29, 0.717) is 6.54 Å². The number of anilines is 1. The van der Waals surface area contributed by atoms with Crippen molar-refractivity contribution in [3.8, 4) is 0 Å². The average molecular weight is 393 g/mol. The zero-order valence-corrected chi connectivity index (χ0v) is 17.1. The van der Waals surface area contributed by atoms with E-state index in [9.17, 15) is 4.79 Å². The van der Waals surface area contributed by atoms with Crippen LogP contribution in [0, 0.1) is 13.8 Å². The number of fused-ring (bicyclic) bond motifs is 2. The van der Waals surface area contributed by atoms with Gasteiger partial charge in [0.25, 0.3) is 5.56 Å². The second kappa shape index (κ2) is 7.26. The highest BCUT2D eigenvalue weighted by Gasteiger charge is 2.21. The van der Waals surface area contributed by atoms with Crippen LogP contribution in [0.4, 0.5) is 5.82 Å². The summed E-state index contributed by atoms with van der Waals surface area (Å²) in [5, 5.41) is 9.21. The lowest BCUT2D eigenvalue weighted by Gasteiger charge is -2.36. The van der Waals surface area contributed by atoms with Crippen LogP contribution >= 0.6 is 0 Å². The van der Waals surface area contributed by atoms with Crippen molar-refractivity contribution in [3.05, 3.63) is 51.2 Å². The molecule has 3 aromatic rings. The van der Waals surface area contributed by atoms with Gasteiger partial charge in [0.15, 0.2) is 5.65 Å². The summed E-state index contributed by atoms with van der Waals surface area (Å²) in [5.74, 6) is 1.11. The third kappa shape index (κ3) is 3.53. The first-order valence-corrected chi connectivity index (χ1v) is 10.5. The maximum atomic E-state index is 12.3. The fourth-order valence-electron chi connectivity index (χ4n) is 4.46. The van der Waals surface area contributed by atoms with E-state index in [1.54, 1.807) is 10.7 Å². The minimum atomic E-state index is 0.0352. The molecule has 2 aliphatic rings. The van der Waals surface area contributed by atoms with E-state index in [4.69, 9.17) is 0 Å². The lowest BCUT2D eigenvalue weighted by molar-refractivity contribution is 0.241. The molecule has 5 rings (SSSR count). The summed E-state index contributed by atoms with van der Waals surface area (Å²) in [4.78, 5) is 21.7. The third-order valence-electron chi connectivity index (χ3n) is 6.01. The summed E-state index contributed by atoms with van der Waals surface area (Å²) >= 11 is 0. The molecule has 1 aliphatic carbocycles. The topological polar surface area (TPSA) is 71.6 Å². The van der Waals surface area contributed by atoms with E-state index < -0.39 is 0 Å². The van der Waals surface area contributed by atoms with Gasteiger partial charge < -0.3 is 4.90 Å². The van der Waals surface area contributed by atoms with Crippen molar-refractivity contribution in [2.75, 3.05) is 37.6 Å². The van der Waals surface area contributed by atoms with Gasteiger partial charge >= 0.3 is 0 Å². The summed E-state index contributed by atoms with van der Waals surface area (Å²) in [7, 11) is 0. The predicted molar refractivity (Wildman–Crippen MR) is 112 cm³/mol. The van der Waals surface area contributed by atoms with Gasteiger partial charge in [0.1, 0.15) is 5.82 Å². The number of hydrogen-bond donors (Lipinski definition) is 0. The Kier molecular flexibility index (Phi) is 4.58. The van der Waals surface area contributed by atoms with E-state index in [1.165, 1.54) is 0 Å². The number of rotatable bonds is 4. The molecule has 8 heteroatoms. The van der Waals surface area contributed by atoms with Crippen molar-refractivity contribution in [2.24, 2.45) is 0 Å². The van der Waals surface area contributed by atoms with Crippen LogP contribution in [0.25, 0.3) is 5.65 Å². The Hall–Kier alpha value is -2.74. The molecule has 0 unspecified atom stereocenters. The fourth-order valence-corrected chi connectivity index (χ4v) is 4.46. The van der Waals surface area contributed by atoms with Crippen LogP contribution in [0.3, 0.4) is 0 Å². The summed E-state index contributed by atoms with van der Waals surface area (Å²) in [6, 6.07) is 5.92. The molecule has 1 saturated heterocycles. The van der Waals surface area contributed by atoms with Crippen LogP contribution in [-0.2, 0) is 19.4 Å². The van der Waals surface area contributed by atoms with Crippen molar-refractivity contribution in [1.82, 2.24) is 29.3 Å². The zero-order valence-electron chi connectivity index (χ0n) is 17.1. The highest BCUT2D eigenvalue weighted by molar-refractivity contribution is 5.52. The maximum absolute atomic E-state index is 12.3. The van der Waals surface area contributed by atoms with Crippen LogP contribution in [0.5, 0.6) is 0 Å². The van der Waals surface area contributed by atoms with Crippen molar-refractivity contribution in [2.45, 2.75) is 39.7 Å². The van der Waals surface area contributed by atoms with Crippen LogP contribution in [0.1, 0.15) is 29.1 Å². The van der Waals surface area contributed by atoms with Crippen LogP contribution in [-0.4, -0.2) is 62.0 Å². The minimum absolute atomic E-state index is 0.0352. The first-order chi connectivity index (χ1) is 14.1. The molecule has 29 heavy (non-hydrogen) atoms. The molecule has 0 aromatic carbocycles. The molecule has 0 atom stereocenters. The van der Waals surface area contributed by atoms with Gasteiger partial charge in [0, 0.05) is 56.6 Å². The second-order valence-electron chi connectivity index (χ2n) is 8.17. The SMILES string of the molecule is Cc1cc(N2CCN(CCn3nc4c(cc3=O)CCC4)CC2)n2nc(C)cc2n1. The number of aromatic nitrogens is 5. The van der Waals surface area contributed by atoms with Crippen molar-refractivity contribution < 1.29 is 0 Å². The Bertz CT molecular complexity index is 1110. The molecule has 0 radical (unpaired) electrons. The molecule has 3 aromatic heterocycles. The van der Waals surface area contributed by atoms with Gasteiger partial charge in [-0.2, -0.15) is 14.7 Å². The van der Waals surface area contributed by atoms with Gasteiger partial charge in [-0.1, -0.05) is 0 Å². The summed E-state index contributed by atoms with van der Waals surface area (Å²) in [6.07, 6.45) is 3.12. The molecule has 8 nitrogen and oxygen atoms in total. The van der Waals surface area contributed by atoms with Gasteiger partial charge in [-0.15, -0.1) is 0 Å². The lowest BCUT2D eigenvalue weighted by atomic mass is 10.2. The quantitative estimate of drug-likeness (QED) is 0.664. The number of aryl methyl sites for hydroxylation is 4. The van der Waals surface area contributed by atoms with Crippen molar-refractivity contribution >= 4 is 11.5 Å². The summed E-state index contributed by atoms with van der Waals surface area (Å²) in [5.41, 5.74) is 5.19. The standard InChI is InChI=1S/C21H27N7O/c1-15-13-20(28-19(22-15)12-16(2)23-28)26-9-6-25(7-10-26)8-11-27-21(29)14-17-4-3-5-18(17)24-27/h12-14H,3-11H2,1-2H3. The Labute approximate surface area is 169 Å². The van der Waals surface area contributed by atoms with Crippen LogP contribution in [0.2, 0.25) is 0 Å². The van der Waals surface area contributed by atoms with E-state index in [2.05, 4.69) is 31.0 Å². The molecule has 0 saturated carbocycles. The normalized spacial score (nSPS) is 17.2. The van der Waals surface area contributed by atoms with E-state index in [0.717, 1.165) is 86.1 Å². The fraction of sp³-hybridized carbons (Fsp3) is 0.524. The molecule has 1 fully saturated rings. The molecule has 0 N–H and O–H groups in total. The first kappa shape index (κ1) is 18.3. The van der Waals surface area contributed by atoms with E-state index in [-0.39, 0.29) is 5.56 Å². The monoisotopic (exact) mass is 393 g/mol. The van der Waals surface area contributed by atoms with Gasteiger partial charge in [-0.05, 0) is 38.7 Å². The van der Waals surface area contributed by atoms with Crippen molar-refractivity contribution in [3.63, 3.8) is 0 Å². The van der Waals surface area contributed by atoms with Gasteiger partial charge in [-0.3, -0.25) is 9.69 Å². The average Bonchev–Trinajstić information content (AvgIpc) is 3.30. The maximum Gasteiger partial charge on any atom is 0.267 e. The largest absolute Gasteiger partial charge is 0.354 e. The first-order valence-electron chi connectivity index (χ1n) is 10.5. The number of piperazine rings is 1. The number of hydrogen-bond acceptors (Lipinski definition) is 6. The second-order valence-corrected chi connectivity index (χ2v) is 8.17. The van der Waals surface area contributed by atoms with Crippen LogP contribution < -0.4 is 10.5 Å². The Morgan fingerprint density at radius 2 is 1.76 bits per heavy atom. The van der Waals surface area contributed by atoms with Gasteiger partial charge in [0.05, 0.1) is 17.9 Å². The summed E-state index contributed by atoms with van der Waals surface area (Å²) in [6.45, 7) is 9.33. The lowest BCUT2D eigenvalue weighted by Crippen LogP contribution is -2.48. The molecule has 1 aliphatic heterocycles. The Morgan fingerprint density at radius 1 is 0.931 bits per heavy atom. The molecule has 4 heterocycles. The molecule has 0 spiro atoms. The Balaban J connectivity index is 1.24. The van der Waals surface area contributed by atoms with E-state index in [1.807, 2.05) is 24.4 Å². The van der Waals surface area contributed by atoms with Gasteiger partial charge in [-0.25, -0.2) is 9.67 Å². The minimum Gasteiger partial charge on any atom is -0.354 e. The Morgan fingerprint density at radius 3 is 2.59 bits per heavy atom. The van der Waals surface area contributed by atoms with Crippen LogP contribution in [0.15, 0.2) is 23.0 Å². The zero-order chi connectivity index (χ0) is 20.0. The smallest absolute Gasteiger partial charge is 0.267 e. The van der Waals surface area contributed by atoms with Gasteiger partial charge in [0.2, 0.25) is 0 Å². The third-order valence-corrected chi connectivity index (χ3v) is 6.01. The number of nitrogens with zero attached hydrogens (tertiary/aromatic N) is 7. The van der Waals surface area contributed by atoms with E-state index >= 15 is 0 Å². The molecule has 0 bridgehead atoms. The highest BCUT2D eigenvalue weighted by Crippen LogP contribution is 2.20. The van der Waals surface area contributed by atoms with Crippen molar-refractivity contribution in [1.29, 1.82) is 0 Å². The summed E-state index contributed by atoms with van der Waals surface area (Å²) < 4.78 is 3.60. The molecule has 0 amide bonds. The molecule has 152 valence electrons. The molecular weight excluding hydrogens is 366 g/mol. The predicted octanol–water partition coefficient (Wildman–Crippen LogP) is 1.21. The highest BCUT2D eigenvalue weighted by atomic mass is 16.1. The molecular formula is C21H27N7O.